The Morgan fingerprint density at radius 3 is 2.30 bits per heavy atom. The largest absolute Gasteiger partial charge is 0.493 e. The van der Waals surface area contributed by atoms with Gasteiger partial charge in [0.2, 0.25) is 11.8 Å². The van der Waals surface area contributed by atoms with Gasteiger partial charge in [0.25, 0.3) is 5.91 Å². The van der Waals surface area contributed by atoms with Gasteiger partial charge in [-0.2, -0.15) is 0 Å². The van der Waals surface area contributed by atoms with E-state index in [-0.39, 0.29) is 31.3 Å². The van der Waals surface area contributed by atoms with E-state index in [0.29, 0.717) is 11.5 Å². The molecule has 0 spiro atoms. The zero-order valence-electron chi connectivity index (χ0n) is 15.0. The van der Waals surface area contributed by atoms with Crippen LogP contribution in [0.25, 0.3) is 0 Å². The van der Waals surface area contributed by atoms with Crippen LogP contribution in [0.4, 0.5) is 0 Å². The Morgan fingerprint density at radius 1 is 0.926 bits per heavy atom. The number of rotatable bonds is 9. The molecule has 0 bridgehead atoms. The summed E-state index contributed by atoms with van der Waals surface area (Å²) < 4.78 is 15.3. The normalized spacial score (nSPS) is 10.0. The summed E-state index contributed by atoms with van der Waals surface area (Å²) in [5.41, 5.74) is 0.818. The Kier molecular flexibility index (Phi) is 7.24. The van der Waals surface area contributed by atoms with E-state index in [9.17, 15) is 14.4 Å². The number of benzene rings is 1. The van der Waals surface area contributed by atoms with Crippen LogP contribution in [-0.2, 0) is 16.1 Å². The number of hydrogen-bond acceptors (Lipinski definition) is 6. The van der Waals surface area contributed by atoms with Crippen molar-refractivity contribution >= 4 is 17.7 Å². The van der Waals surface area contributed by atoms with Crippen molar-refractivity contribution in [3.63, 3.8) is 0 Å². The minimum absolute atomic E-state index is 0.107. The predicted molar refractivity (Wildman–Crippen MR) is 95.4 cm³/mol. The van der Waals surface area contributed by atoms with E-state index in [2.05, 4.69) is 16.0 Å². The molecule has 9 nitrogen and oxygen atoms in total. The molecular formula is C18H21N3O6. The first-order valence-corrected chi connectivity index (χ1v) is 8.09. The molecular weight excluding hydrogens is 354 g/mol. The van der Waals surface area contributed by atoms with Gasteiger partial charge in [-0.15, -0.1) is 0 Å². The highest BCUT2D eigenvalue weighted by molar-refractivity contribution is 5.94. The second-order valence-electron chi connectivity index (χ2n) is 5.40. The number of ether oxygens (including phenoxy) is 2. The summed E-state index contributed by atoms with van der Waals surface area (Å²) >= 11 is 0. The molecule has 0 aliphatic carbocycles. The fraction of sp³-hybridized carbons (Fsp3) is 0.278. The maximum Gasteiger partial charge on any atom is 0.287 e. The van der Waals surface area contributed by atoms with Crippen molar-refractivity contribution in [2.75, 3.05) is 27.3 Å². The molecule has 27 heavy (non-hydrogen) atoms. The van der Waals surface area contributed by atoms with Gasteiger partial charge in [-0.05, 0) is 29.8 Å². The maximum absolute atomic E-state index is 11.8. The molecule has 144 valence electrons. The Morgan fingerprint density at radius 2 is 1.63 bits per heavy atom. The monoisotopic (exact) mass is 375 g/mol. The SMILES string of the molecule is COc1ccc(CNC(=O)CNC(=O)CNC(=O)c2ccco2)cc1OC. The first-order chi connectivity index (χ1) is 13.0. The Hall–Kier alpha value is -3.49. The van der Waals surface area contributed by atoms with Gasteiger partial charge in [-0.1, -0.05) is 6.07 Å². The van der Waals surface area contributed by atoms with Crippen LogP contribution in [-0.4, -0.2) is 45.0 Å². The van der Waals surface area contributed by atoms with Crippen LogP contribution in [0.5, 0.6) is 11.5 Å². The van der Waals surface area contributed by atoms with Crippen molar-refractivity contribution in [3.8, 4) is 11.5 Å². The Balaban J connectivity index is 1.69. The van der Waals surface area contributed by atoms with E-state index in [1.807, 2.05) is 0 Å². The second-order valence-corrected chi connectivity index (χ2v) is 5.40. The van der Waals surface area contributed by atoms with E-state index < -0.39 is 11.8 Å². The zero-order chi connectivity index (χ0) is 19.6. The van der Waals surface area contributed by atoms with Gasteiger partial charge in [0.15, 0.2) is 17.3 Å². The summed E-state index contributed by atoms with van der Waals surface area (Å²) in [6.07, 6.45) is 1.36. The summed E-state index contributed by atoms with van der Waals surface area (Å²) in [7, 11) is 3.07. The van der Waals surface area contributed by atoms with Crippen LogP contribution in [0.1, 0.15) is 16.1 Å². The molecule has 0 aliphatic rings. The minimum atomic E-state index is -0.506. The zero-order valence-corrected chi connectivity index (χ0v) is 15.0. The van der Waals surface area contributed by atoms with Crippen LogP contribution >= 0.6 is 0 Å². The fourth-order valence-electron chi connectivity index (χ4n) is 2.15. The van der Waals surface area contributed by atoms with Gasteiger partial charge >= 0.3 is 0 Å². The molecule has 0 atom stereocenters. The third kappa shape index (κ3) is 6.07. The van der Waals surface area contributed by atoms with Crippen LogP contribution in [0, 0.1) is 0 Å². The van der Waals surface area contributed by atoms with Gasteiger partial charge in [0, 0.05) is 6.54 Å². The van der Waals surface area contributed by atoms with Gasteiger partial charge in [-0.3, -0.25) is 14.4 Å². The van der Waals surface area contributed by atoms with Gasteiger partial charge in [0.05, 0.1) is 33.6 Å². The lowest BCUT2D eigenvalue weighted by Gasteiger charge is -2.11. The third-order valence-corrected chi connectivity index (χ3v) is 3.54. The van der Waals surface area contributed by atoms with Crippen molar-refractivity contribution < 1.29 is 28.3 Å². The average Bonchev–Trinajstić information content (AvgIpc) is 3.23. The molecule has 9 heteroatoms. The van der Waals surface area contributed by atoms with Gasteiger partial charge in [0.1, 0.15) is 0 Å². The number of methoxy groups -OCH3 is 2. The van der Waals surface area contributed by atoms with Crippen molar-refractivity contribution in [3.05, 3.63) is 47.9 Å². The molecule has 0 unspecified atom stereocenters. The molecule has 1 aromatic heterocycles. The third-order valence-electron chi connectivity index (χ3n) is 3.54. The Bertz CT molecular complexity index is 788. The first-order valence-electron chi connectivity index (χ1n) is 8.09. The molecule has 1 heterocycles. The number of carbonyl (C=O) groups is 3. The number of hydrogen-bond donors (Lipinski definition) is 3. The fourth-order valence-corrected chi connectivity index (χ4v) is 2.15. The molecule has 0 saturated carbocycles. The lowest BCUT2D eigenvalue weighted by Crippen LogP contribution is -2.41. The van der Waals surface area contributed by atoms with Crippen molar-refractivity contribution in [2.24, 2.45) is 0 Å². The minimum Gasteiger partial charge on any atom is -0.493 e. The van der Waals surface area contributed by atoms with E-state index in [4.69, 9.17) is 13.9 Å². The van der Waals surface area contributed by atoms with Crippen molar-refractivity contribution in [2.45, 2.75) is 6.54 Å². The van der Waals surface area contributed by atoms with Gasteiger partial charge < -0.3 is 29.8 Å². The molecule has 0 radical (unpaired) electrons. The molecule has 0 fully saturated rings. The second kappa shape index (κ2) is 9.85. The summed E-state index contributed by atoms with van der Waals surface area (Å²) in [5.74, 6) is -0.100. The van der Waals surface area contributed by atoms with Crippen LogP contribution < -0.4 is 25.4 Å². The van der Waals surface area contributed by atoms with E-state index in [0.717, 1.165) is 5.56 Å². The summed E-state index contributed by atoms with van der Waals surface area (Å²) in [4.78, 5) is 35.1. The number of amides is 3. The first kappa shape index (κ1) is 19.8. The number of nitrogens with one attached hydrogen (secondary N) is 3. The average molecular weight is 375 g/mol. The number of furan rings is 1. The smallest absolute Gasteiger partial charge is 0.287 e. The molecule has 3 N–H and O–H groups in total. The van der Waals surface area contributed by atoms with E-state index in [1.165, 1.54) is 19.4 Å². The molecule has 0 aliphatic heterocycles. The summed E-state index contributed by atoms with van der Waals surface area (Å²) in [6.45, 7) is -0.199. The quantitative estimate of drug-likeness (QED) is 0.586. The van der Waals surface area contributed by atoms with Crippen molar-refractivity contribution in [1.82, 2.24) is 16.0 Å². The lowest BCUT2D eigenvalue weighted by atomic mass is 10.2. The Labute approximate surface area is 156 Å². The molecule has 1 aromatic carbocycles. The number of carbonyl (C=O) groups excluding carboxylic acids is 3. The molecule has 0 saturated heterocycles. The summed E-state index contributed by atoms with van der Waals surface area (Å²) in [6, 6.07) is 8.34. The molecule has 2 rings (SSSR count). The van der Waals surface area contributed by atoms with Gasteiger partial charge in [-0.25, -0.2) is 0 Å². The van der Waals surface area contributed by atoms with Crippen LogP contribution in [0.2, 0.25) is 0 Å². The van der Waals surface area contributed by atoms with E-state index >= 15 is 0 Å². The standard InChI is InChI=1S/C18H21N3O6/c1-25-13-6-5-12(8-15(13)26-2)9-19-16(22)10-20-17(23)11-21-18(24)14-4-3-7-27-14/h3-8H,9-11H2,1-2H3,(H,19,22)(H,20,23)(H,21,24). The van der Waals surface area contributed by atoms with E-state index in [1.54, 1.807) is 31.4 Å². The van der Waals surface area contributed by atoms with Crippen LogP contribution in [0.3, 0.4) is 0 Å². The predicted octanol–water partition coefficient (Wildman–Crippen LogP) is 0.459. The highest BCUT2D eigenvalue weighted by Gasteiger charge is 2.11. The topological polar surface area (TPSA) is 119 Å². The highest BCUT2D eigenvalue weighted by atomic mass is 16.5. The highest BCUT2D eigenvalue weighted by Crippen LogP contribution is 2.27. The molecule has 2 aromatic rings. The van der Waals surface area contributed by atoms with Crippen LogP contribution in [0.15, 0.2) is 41.0 Å². The lowest BCUT2D eigenvalue weighted by molar-refractivity contribution is -0.125. The summed E-state index contributed by atoms with van der Waals surface area (Å²) in [5, 5.41) is 7.48. The molecule has 3 amide bonds. The van der Waals surface area contributed by atoms with Crippen molar-refractivity contribution in [1.29, 1.82) is 0 Å². The maximum atomic E-state index is 11.8.